The highest BCUT2D eigenvalue weighted by Gasteiger charge is 2.21. The Kier molecular flexibility index (Phi) is 7.79. The molecule has 1 aromatic rings. The average Bonchev–Trinajstić information content (AvgIpc) is 3.11. The molecular weight excluding hydrogens is 306 g/mol. The third kappa shape index (κ3) is 6.34. The Morgan fingerprint density at radius 3 is 2.71 bits per heavy atom. The Balaban J connectivity index is 1.82. The molecule has 6 nitrogen and oxygen atoms in total. The molecule has 2 rings (SSSR count). The Morgan fingerprint density at radius 1 is 1.25 bits per heavy atom. The number of carbonyl (C=O) groups excluding carboxylic acids is 2. The normalized spacial score (nSPS) is 15.2. The molecule has 1 heterocycles. The Hall–Kier alpha value is -1.85. The maximum atomic E-state index is 12.7. The zero-order chi connectivity index (χ0) is 17.2. The van der Waals surface area contributed by atoms with Crippen LogP contribution in [0.25, 0.3) is 0 Å². The van der Waals surface area contributed by atoms with E-state index in [-0.39, 0.29) is 18.3 Å². The maximum Gasteiger partial charge on any atom is 0.307 e. The van der Waals surface area contributed by atoms with E-state index < -0.39 is 0 Å². The lowest BCUT2D eigenvalue weighted by atomic mass is 9.86. The van der Waals surface area contributed by atoms with E-state index >= 15 is 0 Å². The number of carbonyl (C=O) groups is 2. The maximum absolute atomic E-state index is 12.7. The molecule has 0 unspecified atom stereocenters. The Bertz CT molecular complexity index is 496. The van der Waals surface area contributed by atoms with Crippen molar-refractivity contribution in [3.63, 3.8) is 0 Å². The minimum atomic E-state index is -0.264. The first-order chi connectivity index (χ1) is 11.7. The predicted molar refractivity (Wildman–Crippen MR) is 91.2 cm³/mol. The number of aromatic nitrogens is 2. The van der Waals surface area contributed by atoms with Gasteiger partial charge in [-0.25, -0.2) is 4.98 Å². The number of ether oxygens (including phenoxy) is 1. The van der Waals surface area contributed by atoms with E-state index in [1.807, 2.05) is 15.7 Å². The molecule has 1 aromatic heterocycles. The van der Waals surface area contributed by atoms with Gasteiger partial charge in [-0.3, -0.25) is 9.59 Å². The van der Waals surface area contributed by atoms with Crippen LogP contribution in [-0.4, -0.2) is 46.5 Å². The van der Waals surface area contributed by atoms with Crippen LogP contribution in [0.3, 0.4) is 0 Å². The zero-order valence-electron chi connectivity index (χ0n) is 14.7. The van der Waals surface area contributed by atoms with Crippen LogP contribution < -0.4 is 0 Å². The number of amides is 1. The number of aryl methyl sites for hydroxylation is 1. The van der Waals surface area contributed by atoms with Crippen LogP contribution in [0.15, 0.2) is 18.7 Å². The standard InChI is InChI=1S/C18H29N3O3/c1-24-18(23)8-12-21(11-5-10-20-13-9-19-15-20)17(22)14-16-6-3-2-4-7-16/h9,13,15-16H,2-8,10-12,14H2,1H3. The number of methoxy groups -OCH3 is 1. The number of imidazole rings is 1. The monoisotopic (exact) mass is 335 g/mol. The fraction of sp³-hybridized carbons (Fsp3) is 0.722. The lowest BCUT2D eigenvalue weighted by molar-refractivity contribution is -0.142. The summed E-state index contributed by atoms with van der Waals surface area (Å²) in [4.78, 5) is 29.9. The van der Waals surface area contributed by atoms with Gasteiger partial charge in [0.1, 0.15) is 0 Å². The molecule has 6 heteroatoms. The summed E-state index contributed by atoms with van der Waals surface area (Å²) in [5.41, 5.74) is 0. The molecule has 0 N–H and O–H groups in total. The van der Waals surface area contributed by atoms with Crippen molar-refractivity contribution in [2.75, 3.05) is 20.2 Å². The largest absolute Gasteiger partial charge is 0.469 e. The third-order valence-electron chi connectivity index (χ3n) is 4.76. The van der Waals surface area contributed by atoms with Gasteiger partial charge in [0, 0.05) is 38.4 Å². The lowest BCUT2D eigenvalue weighted by Crippen LogP contribution is -2.35. The van der Waals surface area contributed by atoms with E-state index in [1.165, 1.54) is 26.4 Å². The van der Waals surface area contributed by atoms with E-state index in [1.54, 1.807) is 12.5 Å². The fourth-order valence-electron chi connectivity index (χ4n) is 3.32. The van der Waals surface area contributed by atoms with Crippen molar-refractivity contribution in [3.05, 3.63) is 18.7 Å². The van der Waals surface area contributed by atoms with Gasteiger partial charge in [0.2, 0.25) is 5.91 Å². The van der Waals surface area contributed by atoms with E-state index in [4.69, 9.17) is 4.74 Å². The first-order valence-electron chi connectivity index (χ1n) is 8.99. The average molecular weight is 335 g/mol. The van der Waals surface area contributed by atoms with Gasteiger partial charge in [0.15, 0.2) is 0 Å². The smallest absolute Gasteiger partial charge is 0.307 e. The van der Waals surface area contributed by atoms with Gasteiger partial charge in [-0.1, -0.05) is 19.3 Å². The summed E-state index contributed by atoms with van der Waals surface area (Å²) >= 11 is 0. The van der Waals surface area contributed by atoms with Crippen molar-refractivity contribution in [1.82, 2.24) is 14.5 Å². The summed E-state index contributed by atoms with van der Waals surface area (Å²) in [5, 5.41) is 0. The first-order valence-corrected chi connectivity index (χ1v) is 8.99. The van der Waals surface area contributed by atoms with Crippen LogP contribution in [-0.2, 0) is 20.9 Å². The predicted octanol–water partition coefficient (Wildman–Crippen LogP) is 2.64. The quantitative estimate of drug-likeness (QED) is 0.651. The summed E-state index contributed by atoms with van der Waals surface area (Å²) in [6.07, 6.45) is 13.3. The molecule has 0 bridgehead atoms. The molecule has 0 aliphatic heterocycles. The molecule has 0 aromatic carbocycles. The molecule has 0 saturated heterocycles. The van der Waals surface area contributed by atoms with Crippen molar-refractivity contribution >= 4 is 11.9 Å². The minimum absolute atomic E-state index is 0.177. The van der Waals surface area contributed by atoms with Crippen LogP contribution in [0, 0.1) is 5.92 Å². The number of hydrogen-bond acceptors (Lipinski definition) is 4. The van der Waals surface area contributed by atoms with Gasteiger partial charge in [0.25, 0.3) is 0 Å². The second-order valence-corrected chi connectivity index (χ2v) is 6.57. The van der Waals surface area contributed by atoms with Crippen LogP contribution in [0.5, 0.6) is 0 Å². The highest BCUT2D eigenvalue weighted by Crippen LogP contribution is 2.26. The molecule has 134 valence electrons. The number of nitrogens with zero attached hydrogens (tertiary/aromatic N) is 3. The molecule has 0 radical (unpaired) electrons. The molecular formula is C18H29N3O3. The number of rotatable bonds is 9. The van der Waals surface area contributed by atoms with Gasteiger partial charge in [-0.15, -0.1) is 0 Å². The summed E-state index contributed by atoms with van der Waals surface area (Å²) in [6, 6.07) is 0. The second-order valence-electron chi connectivity index (χ2n) is 6.57. The Labute approximate surface area is 144 Å². The third-order valence-corrected chi connectivity index (χ3v) is 4.76. The first kappa shape index (κ1) is 18.5. The summed E-state index contributed by atoms with van der Waals surface area (Å²) in [7, 11) is 1.38. The van der Waals surface area contributed by atoms with Gasteiger partial charge in [-0.2, -0.15) is 0 Å². The summed E-state index contributed by atoms with van der Waals surface area (Å²) in [5.74, 6) is 0.428. The van der Waals surface area contributed by atoms with Crippen molar-refractivity contribution in [2.24, 2.45) is 5.92 Å². The molecule has 0 spiro atoms. The Morgan fingerprint density at radius 2 is 2.04 bits per heavy atom. The van der Waals surface area contributed by atoms with E-state index in [2.05, 4.69) is 4.98 Å². The number of esters is 1. The summed E-state index contributed by atoms with van der Waals surface area (Å²) in [6.45, 7) is 1.94. The van der Waals surface area contributed by atoms with Crippen LogP contribution in [0.4, 0.5) is 0 Å². The van der Waals surface area contributed by atoms with Gasteiger partial charge >= 0.3 is 5.97 Å². The van der Waals surface area contributed by atoms with Gasteiger partial charge in [-0.05, 0) is 25.2 Å². The molecule has 1 aliphatic carbocycles. The lowest BCUT2D eigenvalue weighted by Gasteiger charge is -2.27. The van der Waals surface area contributed by atoms with Crippen molar-refractivity contribution in [1.29, 1.82) is 0 Å². The minimum Gasteiger partial charge on any atom is -0.469 e. The van der Waals surface area contributed by atoms with E-state index in [0.717, 1.165) is 25.8 Å². The van der Waals surface area contributed by atoms with Crippen LogP contribution in [0.2, 0.25) is 0 Å². The number of hydrogen-bond donors (Lipinski definition) is 0. The molecule has 1 fully saturated rings. The molecule has 1 saturated carbocycles. The highest BCUT2D eigenvalue weighted by atomic mass is 16.5. The topological polar surface area (TPSA) is 64.4 Å². The van der Waals surface area contributed by atoms with Gasteiger partial charge in [0.05, 0.1) is 19.9 Å². The van der Waals surface area contributed by atoms with Crippen molar-refractivity contribution in [2.45, 2.75) is 57.9 Å². The van der Waals surface area contributed by atoms with Crippen molar-refractivity contribution in [3.8, 4) is 0 Å². The molecule has 1 aliphatic rings. The molecule has 1 amide bonds. The van der Waals surface area contributed by atoms with E-state index in [0.29, 0.717) is 25.4 Å². The van der Waals surface area contributed by atoms with E-state index in [9.17, 15) is 9.59 Å². The van der Waals surface area contributed by atoms with Crippen molar-refractivity contribution < 1.29 is 14.3 Å². The SMILES string of the molecule is COC(=O)CCN(CCCn1ccnc1)C(=O)CC1CCCCC1. The highest BCUT2D eigenvalue weighted by molar-refractivity contribution is 5.77. The van der Waals surface area contributed by atoms with Crippen LogP contribution >= 0.6 is 0 Å². The fourth-order valence-corrected chi connectivity index (χ4v) is 3.32. The van der Waals surface area contributed by atoms with Gasteiger partial charge < -0.3 is 14.2 Å². The van der Waals surface area contributed by atoms with Crippen LogP contribution in [0.1, 0.15) is 51.4 Å². The molecule has 0 atom stereocenters. The second kappa shape index (κ2) is 10.1. The molecule has 24 heavy (non-hydrogen) atoms. The zero-order valence-corrected chi connectivity index (χ0v) is 14.7. The summed E-state index contributed by atoms with van der Waals surface area (Å²) < 4.78 is 6.71.